The summed E-state index contributed by atoms with van der Waals surface area (Å²) in [5, 5.41) is 4.26. The molecule has 0 bridgehead atoms. The lowest BCUT2D eigenvalue weighted by atomic mass is 10.1. The first kappa shape index (κ1) is 13.7. The molecule has 1 fully saturated rings. The minimum absolute atomic E-state index is 0.113. The monoisotopic (exact) mass is 286 g/mol. The maximum absolute atomic E-state index is 12.1. The first-order chi connectivity index (χ1) is 8.58. The lowest BCUT2D eigenvalue weighted by Gasteiger charge is -2.23. The van der Waals surface area contributed by atoms with Crippen molar-refractivity contribution in [1.82, 2.24) is 10.2 Å². The van der Waals surface area contributed by atoms with E-state index in [-0.39, 0.29) is 5.91 Å². The number of carbonyl (C=O) groups excluding carboxylic acids is 1. The molecule has 1 unspecified atom stereocenters. The maximum Gasteiger partial charge on any atom is 0.227 e. The van der Waals surface area contributed by atoms with Gasteiger partial charge in [-0.15, -0.1) is 0 Å². The van der Waals surface area contributed by atoms with Crippen LogP contribution in [0, 0.1) is 0 Å². The van der Waals surface area contributed by atoms with Crippen LogP contribution >= 0.6 is 23.2 Å². The third kappa shape index (κ3) is 3.16. The van der Waals surface area contributed by atoms with Gasteiger partial charge < -0.3 is 10.2 Å². The second-order valence-electron chi connectivity index (χ2n) is 4.58. The zero-order valence-electron chi connectivity index (χ0n) is 10.2. The Balaban J connectivity index is 1.99. The largest absolute Gasteiger partial charge is 0.341 e. The summed E-state index contributed by atoms with van der Waals surface area (Å²) in [6.07, 6.45) is 1.38. The Labute approximate surface area is 117 Å². The van der Waals surface area contributed by atoms with Crippen molar-refractivity contribution in [2.45, 2.75) is 18.9 Å². The van der Waals surface area contributed by atoms with Gasteiger partial charge in [0.05, 0.1) is 16.5 Å². The van der Waals surface area contributed by atoms with E-state index in [9.17, 15) is 4.79 Å². The molecule has 1 aromatic rings. The van der Waals surface area contributed by atoms with E-state index >= 15 is 0 Å². The van der Waals surface area contributed by atoms with Crippen LogP contribution in [0.1, 0.15) is 12.0 Å². The zero-order valence-corrected chi connectivity index (χ0v) is 11.8. The molecule has 1 heterocycles. The lowest BCUT2D eigenvalue weighted by Crippen LogP contribution is -2.39. The fourth-order valence-corrected chi connectivity index (χ4v) is 2.44. The molecule has 0 radical (unpaired) electrons. The Morgan fingerprint density at radius 3 is 2.83 bits per heavy atom. The highest BCUT2D eigenvalue weighted by molar-refractivity contribution is 6.42. The zero-order chi connectivity index (χ0) is 13.1. The Morgan fingerprint density at radius 1 is 1.44 bits per heavy atom. The van der Waals surface area contributed by atoms with Crippen molar-refractivity contribution in [3.05, 3.63) is 33.8 Å². The van der Waals surface area contributed by atoms with Crippen molar-refractivity contribution >= 4 is 29.1 Å². The molecule has 1 atom stereocenters. The van der Waals surface area contributed by atoms with Crippen LogP contribution < -0.4 is 5.32 Å². The number of hydrogen-bond acceptors (Lipinski definition) is 2. The highest BCUT2D eigenvalue weighted by Gasteiger charge is 2.23. The second-order valence-corrected chi connectivity index (χ2v) is 5.39. The molecule has 0 aliphatic carbocycles. The molecule has 1 saturated heterocycles. The predicted octanol–water partition coefficient (Wildman–Crippen LogP) is 2.36. The van der Waals surface area contributed by atoms with Crippen molar-refractivity contribution in [1.29, 1.82) is 0 Å². The van der Waals surface area contributed by atoms with Gasteiger partial charge in [0.2, 0.25) is 5.91 Å². The first-order valence-corrected chi connectivity index (χ1v) is 6.74. The number of rotatable bonds is 3. The summed E-state index contributed by atoms with van der Waals surface area (Å²) in [5.41, 5.74) is 0.896. The number of hydrogen-bond donors (Lipinski definition) is 1. The highest BCUT2D eigenvalue weighted by Crippen LogP contribution is 2.23. The summed E-state index contributed by atoms with van der Waals surface area (Å²) in [6, 6.07) is 5.62. The minimum atomic E-state index is 0.113. The smallest absolute Gasteiger partial charge is 0.227 e. The second kappa shape index (κ2) is 5.91. The van der Waals surface area contributed by atoms with Crippen LogP contribution in [-0.2, 0) is 11.2 Å². The van der Waals surface area contributed by atoms with E-state index in [2.05, 4.69) is 5.32 Å². The van der Waals surface area contributed by atoms with Gasteiger partial charge in [0.15, 0.2) is 0 Å². The molecule has 1 N–H and O–H groups in total. The number of carbonyl (C=O) groups is 1. The Morgan fingerprint density at radius 2 is 2.22 bits per heavy atom. The van der Waals surface area contributed by atoms with E-state index < -0.39 is 0 Å². The average Bonchev–Trinajstić information content (AvgIpc) is 2.86. The Hall–Kier alpha value is -0.770. The van der Waals surface area contributed by atoms with Gasteiger partial charge in [0, 0.05) is 19.6 Å². The third-order valence-corrected chi connectivity index (χ3v) is 4.05. The Kier molecular flexibility index (Phi) is 4.49. The quantitative estimate of drug-likeness (QED) is 0.925. The van der Waals surface area contributed by atoms with Crippen molar-refractivity contribution < 1.29 is 4.79 Å². The maximum atomic E-state index is 12.1. The van der Waals surface area contributed by atoms with Gasteiger partial charge in [0.1, 0.15) is 0 Å². The number of nitrogens with zero attached hydrogens (tertiary/aromatic N) is 1. The molecule has 2 rings (SSSR count). The minimum Gasteiger partial charge on any atom is -0.341 e. The van der Waals surface area contributed by atoms with Gasteiger partial charge in [-0.2, -0.15) is 0 Å². The normalized spacial score (nSPS) is 18.9. The van der Waals surface area contributed by atoms with Gasteiger partial charge in [-0.3, -0.25) is 4.79 Å². The SMILES string of the molecule is CN(C(=O)Cc1ccc(Cl)c(Cl)c1)C1CCNC1. The topological polar surface area (TPSA) is 32.3 Å². The number of likely N-dealkylation sites (N-methyl/N-ethyl adjacent to an activating group) is 1. The van der Waals surface area contributed by atoms with E-state index in [0.29, 0.717) is 22.5 Å². The van der Waals surface area contributed by atoms with Crippen LogP contribution in [-0.4, -0.2) is 37.0 Å². The number of benzene rings is 1. The first-order valence-electron chi connectivity index (χ1n) is 5.98. The molecule has 1 amide bonds. The summed E-state index contributed by atoms with van der Waals surface area (Å²) >= 11 is 11.8. The van der Waals surface area contributed by atoms with E-state index in [1.165, 1.54) is 0 Å². The summed E-state index contributed by atoms with van der Waals surface area (Å²) in [5.74, 6) is 0.113. The van der Waals surface area contributed by atoms with Crippen molar-refractivity contribution in [3.63, 3.8) is 0 Å². The molecular formula is C13H16Cl2N2O. The molecule has 0 spiro atoms. The van der Waals surface area contributed by atoms with Crippen LogP contribution in [0.2, 0.25) is 10.0 Å². The Bertz CT molecular complexity index is 445. The average molecular weight is 287 g/mol. The number of halogens is 2. The van der Waals surface area contributed by atoms with Crippen LogP contribution in [0.25, 0.3) is 0 Å². The van der Waals surface area contributed by atoms with Gasteiger partial charge in [-0.25, -0.2) is 0 Å². The summed E-state index contributed by atoms with van der Waals surface area (Å²) < 4.78 is 0. The molecule has 1 aromatic carbocycles. The predicted molar refractivity (Wildman–Crippen MR) is 74.2 cm³/mol. The molecule has 98 valence electrons. The van der Waals surface area contributed by atoms with Crippen molar-refractivity contribution in [3.8, 4) is 0 Å². The van der Waals surface area contributed by atoms with Crippen molar-refractivity contribution in [2.24, 2.45) is 0 Å². The lowest BCUT2D eigenvalue weighted by molar-refractivity contribution is -0.130. The third-order valence-electron chi connectivity index (χ3n) is 3.31. The molecule has 1 aliphatic heterocycles. The summed E-state index contributed by atoms with van der Waals surface area (Å²) in [6.45, 7) is 1.86. The molecular weight excluding hydrogens is 271 g/mol. The molecule has 0 aromatic heterocycles. The van der Waals surface area contributed by atoms with E-state index in [1.807, 2.05) is 18.0 Å². The van der Waals surface area contributed by atoms with Gasteiger partial charge >= 0.3 is 0 Å². The molecule has 1 aliphatic rings. The molecule has 5 heteroatoms. The van der Waals surface area contributed by atoms with Crippen molar-refractivity contribution in [2.75, 3.05) is 20.1 Å². The van der Waals surface area contributed by atoms with Gasteiger partial charge in [0.25, 0.3) is 0 Å². The van der Waals surface area contributed by atoms with Gasteiger partial charge in [-0.05, 0) is 30.7 Å². The standard InChI is InChI=1S/C13H16Cl2N2O/c1-17(10-4-5-16-8-10)13(18)7-9-2-3-11(14)12(15)6-9/h2-3,6,10,16H,4-5,7-8H2,1H3. The van der Waals surface area contributed by atoms with Crippen LogP contribution in [0.15, 0.2) is 18.2 Å². The van der Waals surface area contributed by atoms with E-state index in [0.717, 1.165) is 25.1 Å². The number of nitrogens with one attached hydrogen (secondary N) is 1. The summed E-state index contributed by atoms with van der Waals surface area (Å²) in [7, 11) is 1.86. The highest BCUT2D eigenvalue weighted by atomic mass is 35.5. The summed E-state index contributed by atoms with van der Waals surface area (Å²) in [4.78, 5) is 13.9. The van der Waals surface area contributed by atoms with Crippen LogP contribution in [0.3, 0.4) is 0 Å². The van der Waals surface area contributed by atoms with E-state index in [1.54, 1.807) is 12.1 Å². The fourth-order valence-electron chi connectivity index (χ4n) is 2.12. The fraction of sp³-hybridized carbons (Fsp3) is 0.462. The number of amides is 1. The van der Waals surface area contributed by atoms with Crippen LogP contribution in [0.5, 0.6) is 0 Å². The van der Waals surface area contributed by atoms with E-state index in [4.69, 9.17) is 23.2 Å². The van der Waals surface area contributed by atoms with Gasteiger partial charge in [-0.1, -0.05) is 29.3 Å². The van der Waals surface area contributed by atoms with Crippen LogP contribution in [0.4, 0.5) is 0 Å². The molecule has 0 saturated carbocycles. The molecule has 3 nitrogen and oxygen atoms in total. The molecule has 18 heavy (non-hydrogen) atoms.